The predicted octanol–water partition coefficient (Wildman–Crippen LogP) is 3.01. The number of hydrogen-bond donors (Lipinski definition) is 1. The number of nitrogens with one attached hydrogen (secondary N) is 1. The average Bonchev–Trinajstić information content (AvgIpc) is 2.48. The normalized spacial score (nSPS) is 22.1. The molecule has 4 heteroatoms. The Morgan fingerprint density at radius 3 is 2.60 bits per heavy atom. The van der Waals surface area contributed by atoms with Crippen LogP contribution in [0.1, 0.15) is 43.0 Å². The Kier molecular flexibility index (Phi) is 4.88. The molecule has 1 aliphatic rings. The summed E-state index contributed by atoms with van der Waals surface area (Å²) in [6.07, 6.45) is 4.70. The number of methoxy groups -OCH3 is 2. The molecule has 0 radical (unpaired) electrons. The van der Waals surface area contributed by atoms with Crippen LogP contribution in [0.2, 0.25) is 0 Å². The molecule has 0 aliphatic heterocycles. The Labute approximate surface area is 120 Å². The zero-order valence-electron chi connectivity index (χ0n) is 12.4. The summed E-state index contributed by atoms with van der Waals surface area (Å²) in [7, 11) is 3.16. The standard InChI is InChI=1S/C16H23NO3/c1-11-6-4-5-7-14(11)17-16(18)13-9-8-12(19-2)10-15(13)20-3/h8-11,14H,4-7H2,1-3H3,(H,17,18). The van der Waals surface area contributed by atoms with E-state index >= 15 is 0 Å². The Morgan fingerprint density at radius 2 is 1.95 bits per heavy atom. The van der Waals surface area contributed by atoms with Gasteiger partial charge in [0.2, 0.25) is 0 Å². The minimum absolute atomic E-state index is 0.0664. The Balaban J connectivity index is 2.12. The third-order valence-electron chi connectivity index (χ3n) is 4.08. The largest absolute Gasteiger partial charge is 0.497 e. The van der Waals surface area contributed by atoms with Gasteiger partial charge in [0.15, 0.2) is 0 Å². The molecule has 2 atom stereocenters. The zero-order valence-corrected chi connectivity index (χ0v) is 12.4. The maximum Gasteiger partial charge on any atom is 0.255 e. The first-order chi connectivity index (χ1) is 9.65. The van der Waals surface area contributed by atoms with Crippen LogP contribution in [-0.2, 0) is 0 Å². The van der Waals surface area contributed by atoms with Gasteiger partial charge < -0.3 is 14.8 Å². The second-order valence-corrected chi connectivity index (χ2v) is 5.41. The van der Waals surface area contributed by atoms with Gasteiger partial charge in [-0.05, 0) is 30.9 Å². The Hall–Kier alpha value is -1.71. The second-order valence-electron chi connectivity index (χ2n) is 5.41. The first-order valence-electron chi connectivity index (χ1n) is 7.18. The van der Waals surface area contributed by atoms with E-state index in [1.54, 1.807) is 32.4 Å². The van der Waals surface area contributed by atoms with E-state index in [-0.39, 0.29) is 11.9 Å². The van der Waals surface area contributed by atoms with Crippen LogP contribution in [0.15, 0.2) is 18.2 Å². The van der Waals surface area contributed by atoms with E-state index in [2.05, 4.69) is 12.2 Å². The highest BCUT2D eigenvalue weighted by Gasteiger charge is 2.24. The van der Waals surface area contributed by atoms with E-state index in [4.69, 9.17) is 9.47 Å². The highest BCUT2D eigenvalue weighted by Crippen LogP contribution is 2.27. The molecule has 1 aliphatic carbocycles. The maximum absolute atomic E-state index is 12.4. The van der Waals surface area contributed by atoms with Crippen LogP contribution in [0.25, 0.3) is 0 Å². The number of amides is 1. The number of rotatable bonds is 4. The monoisotopic (exact) mass is 277 g/mol. The van der Waals surface area contributed by atoms with E-state index in [0.717, 1.165) is 6.42 Å². The van der Waals surface area contributed by atoms with Gasteiger partial charge in [0.05, 0.1) is 19.8 Å². The van der Waals surface area contributed by atoms with Crippen molar-refractivity contribution in [3.8, 4) is 11.5 Å². The third-order valence-corrected chi connectivity index (χ3v) is 4.08. The Bertz CT molecular complexity index is 473. The maximum atomic E-state index is 12.4. The molecular weight excluding hydrogens is 254 g/mol. The molecule has 1 fully saturated rings. The SMILES string of the molecule is COc1ccc(C(=O)NC2CCCCC2C)c(OC)c1. The molecule has 0 heterocycles. The summed E-state index contributed by atoms with van der Waals surface area (Å²) < 4.78 is 10.4. The third kappa shape index (κ3) is 3.24. The molecule has 0 saturated heterocycles. The van der Waals surface area contributed by atoms with Gasteiger partial charge in [-0.2, -0.15) is 0 Å². The van der Waals surface area contributed by atoms with Crippen LogP contribution in [0.3, 0.4) is 0 Å². The van der Waals surface area contributed by atoms with Gasteiger partial charge >= 0.3 is 0 Å². The number of carbonyl (C=O) groups excluding carboxylic acids is 1. The molecular formula is C16H23NO3. The quantitative estimate of drug-likeness (QED) is 0.920. The van der Waals surface area contributed by atoms with Crippen molar-refractivity contribution in [2.75, 3.05) is 14.2 Å². The summed E-state index contributed by atoms with van der Waals surface area (Å²) in [6, 6.07) is 5.53. The van der Waals surface area contributed by atoms with Crippen molar-refractivity contribution in [3.63, 3.8) is 0 Å². The van der Waals surface area contributed by atoms with Crippen LogP contribution in [-0.4, -0.2) is 26.2 Å². The van der Waals surface area contributed by atoms with Crippen LogP contribution >= 0.6 is 0 Å². The van der Waals surface area contributed by atoms with Gasteiger partial charge in [0.1, 0.15) is 11.5 Å². The molecule has 0 aromatic heterocycles. The first kappa shape index (κ1) is 14.7. The lowest BCUT2D eigenvalue weighted by atomic mass is 9.86. The van der Waals surface area contributed by atoms with E-state index < -0.39 is 0 Å². The van der Waals surface area contributed by atoms with Gasteiger partial charge in [0.25, 0.3) is 5.91 Å². The van der Waals surface area contributed by atoms with Crippen molar-refractivity contribution < 1.29 is 14.3 Å². The van der Waals surface area contributed by atoms with Gasteiger partial charge in [-0.15, -0.1) is 0 Å². The fourth-order valence-corrected chi connectivity index (χ4v) is 2.76. The Morgan fingerprint density at radius 1 is 1.20 bits per heavy atom. The summed E-state index contributed by atoms with van der Waals surface area (Å²) in [6.45, 7) is 2.20. The lowest BCUT2D eigenvalue weighted by Crippen LogP contribution is -2.41. The van der Waals surface area contributed by atoms with E-state index in [1.165, 1.54) is 19.3 Å². The molecule has 1 saturated carbocycles. The van der Waals surface area contributed by atoms with Crippen LogP contribution in [0.5, 0.6) is 11.5 Å². The van der Waals surface area contributed by atoms with Crippen molar-refractivity contribution >= 4 is 5.91 Å². The smallest absolute Gasteiger partial charge is 0.255 e. The first-order valence-corrected chi connectivity index (χ1v) is 7.18. The summed E-state index contributed by atoms with van der Waals surface area (Å²) in [4.78, 5) is 12.4. The summed E-state index contributed by atoms with van der Waals surface area (Å²) >= 11 is 0. The highest BCUT2D eigenvalue weighted by atomic mass is 16.5. The topological polar surface area (TPSA) is 47.6 Å². The van der Waals surface area contributed by atoms with Gasteiger partial charge in [0, 0.05) is 12.1 Å². The molecule has 0 spiro atoms. The lowest BCUT2D eigenvalue weighted by Gasteiger charge is -2.29. The fraction of sp³-hybridized carbons (Fsp3) is 0.562. The predicted molar refractivity (Wildman–Crippen MR) is 78.4 cm³/mol. The van der Waals surface area contributed by atoms with Gasteiger partial charge in [-0.1, -0.05) is 19.8 Å². The molecule has 0 bridgehead atoms. The molecule has 2 rings (SSSR count). The highest BCUT2D eigenvalue weighted by molar-refractivity contribution is 5.97. The van der Waals surface area contributed by atoms with E-state index in [9.17, 15) is 4.79 Å². The van der Waals surface area contributed by atoms with Gasteiger partial charge in [-0.25, -0.2) is 0 Å². The van der Waals surface area contributed by atoms with Crippen molar-refractivity contribution in [3.05, 3.63) is 23.8 Å². The fourth-order valence-electron chi connectivity index (χ4n) is 2.76. The minimum Gasteiger partial charge on any atom is -0.497 e. The number of ether oxygens (including phenoxy) is 2. The summed E-state index contributed by atoms with van der Waals surface area (Å²) in [5.41, 5.74) is 0.561. The van der Waals surface area contributed by atoms with Crippen molar-refractivity contribution in [2.24, 2.45) is 5.92 Å². The summed E-state index contributed by atoms with van der Waals surface area (Å²) in [5, 5.41) is 3.14. The number of hydrogen-bond acceptors (Lipinski definition) is 3. The van der Waals surface area contributed by atoms with Gasteiger partial charge in [-0.3, -0.25) is 4.79 Å². The average molecular weight is 277 g/mol. The molecule has 20 heavy (non-hydrogen) atoms. The summed E-state index contributed by atoms with van der Waals surface area (Å²) in [5.74, 6) is 1.70. The second kappa shape index (κ2) is 6.64. The molecule has 1 aromatic rings. The zero-order chi connectivity index (χ0) is 14.5. The van der Waals surface area contributed by atoms with Crippen molar-refractivity contribution in [1.82, 2.24) is 5.32 Å². The molecule has 1 aromatic carbocycles. The lowest BCUT2D eigenvalue weighted by molar-refractivity contribution is 0.0907. The number of benzene rings is 1. The number of carbonyl (C=O) groups is 1. The minimum atomic E-state index is -0.0664. The molecule has 1 amide bonds. The molecule has 1 N–H and O–H groups in total. The molecule has 4 nitrogen and oxygen atoms in total. The molecule has 2 unspecified atom stereocenters. The van der Waals surface area contributed by atoms with Crippen LogP contribution in [0, 0.1) is 5.92 Å². The van der Waals surface area contributed by atoms with Crippen LogP contribution in [0.4, 0.5) is 0 Å². The van der Waals surface area contributed by atoms with Crippen molar-refractivity contribution in [1.29, 1.82) is 0 Å². The molecule has 110 valence electrons. The van der Waals surface area contributed by atoms with E-state index in [1.807, 2.05) is 0 Å². The van der Waals surface area contributed by atoms with Crippen molar-refractivity contribution in [2.45, 2.75) is 38.6 Å². The van der Waals surface area contributed by atoms with E-state index in [0.29, 0.717) is 23.0 Å². The van der Waals surface area contributed by atoms with Crippen LogP contribution < -0.4 is 14.8 Å².